The Morgan fingerprint density at radius 3 is 2.88 bits per heavy atom. The number of hydrogen-bond acceptors (Lipinski definition) is 6. The predicted octanol–water partition coefficient (Wildman–Crippen LogP) is 1.57. The van der Waals surface area contributed by atoms with E-state index in [0.29, 0.717) is 11.4 Å². The van der Waals surface area contributed by atoms with E-state index in [9.17, 15) is 8.42 Å². The molecule has 0 aliphatic heterocycles. The van der Waals surface area contributed by atoms with Crippen LogP contribution in [0.3, 0.4) is 0 Å². The standard InChI is InChI=1S/C8H8ClN3O3S2/c1-5-7(16-8(9)11-5)17(13,14)10-4-6-2-3-15-12-6/h2-3,10H,4H2,1H3. The first kappa shape index (κ1) is 12.5. The summed E-state index contributed by atoms with van der Waals surface area (Å²) in [7, 11) is -3.61. The van der Waals surface area contributed by atoms with Crippen molar-refractivity contribution in [3.05, 3.63) is 28.2 Å². The Kier molecular flexibility index (Phi) is 3.48. The number of halogens is 1. The van der Waals surface area contributed by atoms with E-state index in [1.807, 2.05) is 0 Å². The molecule has 0 aromatic carbocycles. The Hall–Kier alpha value is -0.960. The normalized spacial score (nSPS) is 11.9. The summed E-state index contributed by atoms with van der Waals surface area (Å²) in [5.41, 5.74) is 0.884. The summed E-state index contributed by atoms with van der Waals surface area (Å²) >= 11 is 6.58. The highest BCUT2D eigenvalue weighted by atomic mass is 35.5. The van der Waals surface area contributed by atoms with Crippen LogP contribution in [0.4, 0.5) is 0 Å². The molecule has 0 fully saturated rings. The minimum absolute atomic E-state index is 0.0633. The maximum absolute atomic E-state index is 11.9. The Balaban J connectivity index is 2.17. The van der Waals surface area contributed by atoms with Gasteiger partial charge in [-0.25, -0.2) is 18.1 Å². The minimum atomic E-state index is -3.61. The Morgan fingerprint density at radius 2 is 2.35 bits per heavy atom. The first-order valence-electron chi connectivity index (χ1n) is 4.51. The molecule has 0 saturated carbocycles. The highest BCUT2D eigenvalue weighted by Crippen LogP contribution is 2.26. The summed E-state index contributed by atoms with van der Waals surface area (Å²) in [6.07, 6.45) is 1.37. The van der Waals surface area contributed by atoms with Crippen LogP contribution in [-0.4, -0.2) is 18.6 Å². The van der Waals surface area contributed by atoms with Crippen LogP contribution in [0.5, 0.6) is 0 Å². The molecule has 0 radical (unpaired) electrons. The maximum atomic E-state index is 11.9. The van der Waals surface area contributed by atoms with Gasteiger partial charge in [0.2, 0.25) is 0 Å². The lowest BCUT2D eigenvalue weighted by Gasteiger charge is -2.02. The number of hydrogen-bond donors (Lipinski definition) is 1. The van der Waals surface area contributed by atoms with Gasteiger partial charge in [0.15, 0.2) is 8.68 Å². The lowest BCUT2D eigenvalue weighted by molar-refractivity contribution is 0.411. The van der Waals surface area contributed by atoms with E-state index in [4.69, 9.17) is 11.6 Å². The number of aromatic nitrogens is 2. The van der Waals surface area contributed by atoms with Gasteiger partial charge in [-0.15, -0.1) is 0 Å². The van der Waals surface area contributed by atoms with Crippen LogP contribution in [0, 0.1) is 6.92 Å². The molecule has 17 heavy (non-hydrogen) atoms. The third kappa shape index (κ3) is 2.83. The van der Waals surface area contributed by atoms with E-state index in [0.717, 1.165) is 11.3 Å². The summed E-state index contributed by atoms with van der Waals surface area (Å²) in [6, 6.07) is 1.58. The molecule has 0 atom stereocenters. The number of nitrogens with zero attached hydrogens (tertiary/aromatic N) is 2. The van der Waals surface area contributed by atoms with Gasteiger partial charge in [0.05, 0.1) is 17.9 Å². The molecule has 92 valence electrons. The van der Waals surface area contributed by atoms with E-state index in [1.165, 1.54) is 6.26 Å². The van der Waals surface area contributed by atoms with Crippen molar-refractivity contribution in [2.45, 2.75) is 17.7 Å². The third-order valence-electron chi connectivity index (χ3n) is 1.91. The van der Waals surface area contributed by atoms with Crippen LogP contribution in [0.1, 0.15) is 11.4 Å². The summed E-state index contributed by atoms with van der Waals surface area (Å²) in [4.78, 5) is 3.85. The van der Waals surface area contributed by atoms with Crippen LogP contribution < -0.4 is 4.72 Å². The zero-order chi connectivity index (χ0) is 12.5. The van der Waals surface area contributed by atoms with Crippen LogP contribution >= 0.6 is 22.9 Å². The lowest BCUT2D eigenvalue weighted by Crippen LogP contribution is -2.23. The van der Waals surface area contributed by atoms with Crippen molar-refractivity contribution in [3.63, 3.8) is 0 Å². The fourth-order valence-electron chi connectivity index (χ4n) is 1.16. The number of aryl methyl sites for hydroxylation is 1. The smallest absolute Gasteiger partial charge is 0.252 e. The van der Waals surface area contributed by atoms with Gasteiger partial charge in [-0.2, -0.15) is 0 Å². The SMILES string of the molecule is Cc1nc(Cl)sc1S(=O)(=O)NCc1ccon1. The van der Waals surface area contributed by atoms with Crippen LogP contribution in [-0.2, 0) is 16.6 Å². The van der Waals surface area contributed by atoms with E-state index < -0.39 is 10.0 Å². The average Bonchev–Trinajstić information content (AvgIpc) is 2.85. The molecule has 0 bridgehead atoms. The van der Waals surface area contributed by atoms with Crippen LogP contribution in [0.25, 0.3) is 0 Å². The molecule has 2 aromatic rings. The van der Waals surface area contributed by atoms with Crippen molar-refractivity contribution in [1.29, 1.82) is 0 Å². The molecule has 0 aliphatic carbocycles. The highest BCUT2D eigenvalue weighted by molar-refractivity contribution is 7.91. The molecule has 0 saturated heterocycles. The molecular weight excluding hydrogens is 286 g/mol. The maximum Gasteiger partial charge on any atom is 0.252 e. The number of sulfonamides is 1. The Labute approximate surface area is 107 Å². The van der Waals surface area contributed by atoms with Crippen molar-refractivity contribution < 1.29 is 12.9 Å². The quantitative estimate of drug-likeness (QED) is 0.925. The molecule has 0 unspecified atom stereocenters. The van der Waals surface area contributed by atoms with Crippen molar-refractivity contribution in [3.8, 4) is 0 Å². The van der Waals surface area contributed by atoms with Gasteiger partial charge in [-0.3, -0.25) is 0 Å². The first-order chi connectivity index (χ1) is 7.99. The molecule has 2 rings (SSSR count). The minimum Gasteiger partial charge on any atom is -0.364 e. The summed E-state index contributed by atoms with van der Waals surface area (Å²) < 4.78 is 31.1. The van der Waals surface area contributed by atoms with Gasteiger partial charge < -0.3 is 4.52 Å². The molecule has 0 amide bonds. The van der Waals surface area contributed by atoms with E-state index >= 15 is 0 Å². The molecule has 6 nitrogen and oxygen atoms in total. The molecular formula is C8H8ClN3O3S2. The second-order valence-electron chi connectivity index (χ2n) is 3.16. The van der Waals surface area contributed by atoms with Crippen molar-refractivity contribution in [2.75, 3.05) is 0 Å². The average molecular weight is 294 g/mol. The summed E-state index contributed by atoms with van der Waals surface area (Å²) in [5.74, 6) is 0. The Bertz CT molecular complexity index is 606. The topological polar surface area (TPSA) is 85.1 Å². The van der Waals surface area contributed by atoms with Gasteiger partial charge in [0, 0.05) is 6.07 Å². The van der Waals surface area contributed by atoms with Gasteiger partial charge >= 0.3 is 0 Å². The number of rotatable bonds is 4. The zero-order valence-electron chi connectivity index (χ0n) is 8.68. The second kappa shape index (κ2) is 4.73. The van der Waals surface area contributed by atoms with Gasteiger partial charge in [-0.1, -0.05) is 28.1 Å². The molecule has 2 aromatic heterocycles. The first-order valence-corrected chi connectivity index (χ1v) is 7.18. The van der Waals surface area contributed by atoms with E-state index in [2.05, 4.69) is 19.4 Å². The predicted molar refractivity (Wildman–Crippen MR) is 62.4 cm³/mol. The molecule has 0 spiro atoms. The second-order valence-corrected chi connectivity index (χ2v) is 6.70. The zero-order valence-corrected chi connectivity index (χ0v) is 11.1. The molecule has 9 heteroatoms. The summed E-state index contributed by atoms with van der Waals surface area (Å²) in [6.45, 7) is 1.65. The Morgan fingerprint density at radius 1 is 1.59 bits per heavy atom. The number of thiazole rings is 1. The molecule has 2 heterocycles. The van der Waals surface area contributed by atoms with Crippen LogP contribution in [0.15, 0.2) is 21.1 Å². The summed E-state index contributed by atoms with van der Waals surface area (Å²) in [5, 5.41) is 3.60. The highest BCUT2D eigenvalue weighted by Gasteiger charge is 2.21. The van der Waals surface area contributed by atoms with Gasteiger partial charge in [-0.05, 0) is 6.92 Å². The van der Waals surface area contributed by atoms with E-state index in [1.54, 1.807) is 13.0 Å². The van der Waals surface area contributed by atoms with Crippen molar-refractivity contribution >= 4 is 33.0 Å². The lowest BCUT2D eigenvalue weighted by atomic mass is 10.5. The van der Waals surface area contributed by atoms with Gasteiger partial charge in [0.1, 0.15) is 6.26 Å². The van der Waals surface area contributed by atoms with E-state index in [-0.39, 0.29) is 15.2 Å². The van der Waals surface area contributed by atoms with Gasteiger partial charge in [0.25, 0.3) is 10.0 Å². The largest absolute Gasteiger partial charge is 0.364 e. The monoisotopic (exact) mass is 293 g/mol. The number of nitrogens with one attached hydrogen (secondary N) is 1. The van der Waals surface area contributed by atoms with Crippen molar-refractivity contribution in [1.82, 2.24) is 14.9 Å². The third-order valence-corrected chi connectivity index (χ3v) is 5.18. The van der Waals surface area contributed by atoms with Crippen molar-refractivity contribution in [2.24, 2.45) is 0 Å². The fourth-order valence-corrected chi connectivity index (χ4v) is 3.94. The molecule has 0 aliphatic rings. The fraction of sp³-hybridized carbons (Fsp3) is 0.250. The molecule has 1 N–H and O–H groups in total. The van der Waals surface area contributed by atoms with Crippen LogP contribution in [0.2, 0.25) is 4.47 Å².